The molecule has 178 valence electrons. The molecule has 0 radical (unpaired) electrons. The maximum Gasteiger partial charge on any atom is 0.254 e. The van der Waals surface area contributed by atoms with Gasteiger partial charge in [0.05, 0.1) is 6.26 Å². The van der Waals surface area contributed by atoms with Gasteiger partial charge in [-0.3, -0.25) is 9.59 Å². The number of fused-ring (bicyclic) bond motifs is 1. The fraction of sp³-hybridized carbons (Fsp3) is 0.259. The van der Waals surface area contributed by atoms with Crippen LogP contribution in [0.15, 0.2) is 81.9 Å². The third kappa shape index (κ3) is 5.32. The molecule has 1 aliphatic rings. The molecule has 0 bridgehead atoms. The number of aryl methyl sites for hydroxylation is 1. The first-order valence-corrected chi connectivity index (χ1v) is 11.7. The van der Waals surface area contributed by atoms with E-state index >= 15 is 0 Å². The molecule has 5 rings (SSSR count). The maximum atomic E-state index is 12.9. The Morgan fingerprint density at radius 1 is 1.06 bits per heavy atom. The van der Waals surface area contributed by atoms with Gasteiger partial charge in [0.1, 0.15) is 0 Å². The Labute approximate surface area is 202 Å². The Balaban J connectivity index is 1.14. The van der Waals surface area contributed by atoms with Gasteiger partial charge in [0.15, 0.2) is 5.76 Å². The number of hydrogen-bond donors (Lipinski definition) is 1. The Morgan fingerprint density at radius 3 is 2.69 bits per heavy atom. The minimum atomic E-state index is -0.0484. The number of amides is 2. The molecule has 1 aliphatic heterocycles. The van der Waals surface area contributed by atoms with Crippen LogP contribution < -0.4 is 5.32 Å². The summed E-state index contributed by atoms with van der Waals surface area (Å²) in [5, 5.41) is 6.95. The molecule has 2 aromatic carbocycles. The van der Waals surface area contributed by atoms with E-state index in [2.05, 4.69) is 15.5 Å². The predicted octanol–water partition coefficient (Wildman–Crippen LogP) is 4.21. The van der Waals surface area contributed by atoms with Crippen LogP contribution in [0.4, 0.5) is 0 Å². The van der Waals surface area contributed by atoms with Crippen LogP contribution in [0, 0.1) is 0 Å². The molecule has 2 aromatic heterocycles. The second-order valence-corrected chi connectivity index (χ2v) is 8.60. The van der Waals surface area contributed by atoms with Crippen LogP contribution in [-0.4, -0.2) is 39.9 Å². The van der Waals surface area contributed by atoms with E-state index in [0.29, 0.717) is 56.4 Å². The molecule has 35 heavy (non-hydrogen) atoms. The molecule has 0 saturated heterocycles. The number of aromatic nitrogens is 2. The molecule has 8 heteroatoms. The third-order valence-electron chi connectivity index (χ3n) is 6.16. The van der Waals surface area contributed by atoms with E-state index < -0.39 is 0 Å². The lowest BCUT2D eigenvalue weighted by Crippen LogP contribution is -2.35. The van der Waals surface area contributed by atoms with Crippen molar-refractivity contribution in [1.29, 1.82) is 0 Å². The van der Waals surface area contributed by atoms with Crippen molar-refractivity contribution in [3.8, 4) is 11.6 Å². The number of rotatable bonds is 10. The van der Waals surface area contributed by atoms with Crippen molar-refractivity contribution >= 4 is 11.8 Å². The molecule has 0 aliphatic carbocycles. The van der Waals surface area contributed by atoms with Crippen molar-refractivity contribution < 1.29 is 18.5 Å². The lowest BCUT2D eigenvalue weighted by molar-refractivity contribution is -0.121. The summed E-state index contributed by atoms with van der Waals surface area (Å²) in [6.45, 7) is 1.58. The standard InChI is InChI=1S/C27H26N4O4/c32-24(13-6-14-25-29-26(30-35-25)23-12-7-15-34-23)28-16-21(19-8-2-1-3-9-19)18-31-17-20-10-4-5-11-22(20)27(31)33/h1-5,7-12,15,21H,6,13-14,16-18H2,(H,28,32). The smallest absolute Gasteiger partial charge is 0.254 e. The first kappa shape index (κ1) is 22.6. The quantitative estimate of drug-likeness (QED) is 0.373. The van der Waals surface area contributed by atoms with Gasteiger partial charge in [-0.2, -0.15) is 4.98 Å². The summed E-state index contributed by atoms with van der Waals surface area (Å²) in [5.41, 5.74) is 2.90. The van der Waals surface area contributed by atoms with Crippen LogP contribution in [0.5, 0.6) is 0 Å². The van der Waals surface area contributed by atoms with Gasteiger partial charge in [-0.25, -0.2) is 0 Å². The van der Waals surface area contributed by atoms with Gasteiger partial charge in [0.25, 0.3) is 5.91 Å². The molecule has 2 amide bonds. The second-order valence-electron chi connectivity index (χ2n) is 8.60. The van der Waals surface area contributed by atoms with E-state index in [1.165, 1.54) is 0 Å². The van der Waals surface area contributed by atoms with E-state index in [1.54, 1.807) is 18.4 Å². The maximum absolute atomic E-state index is 12.9. The highest BCUT2D eigenvalue weighted by molar-refractivity contribution is 5.98. The van der Waals surface area contributed by atoms with Crippen molar-refractivity contribution in [3.63, 3.8) is 0 Å². The predicted molar refractivity (Wildman–Crippen MR) is 128 cm³/mol. The minimum Gasteiger partial charge on any atom is -0.461 e. The van der Waals surface area contributed by atoms with Gasteiger partial charge in [0, 0.05) is 44.0 Å². The SMILES string of the molecule is O=C(CCCc1nc(-c2ccco2)no1)NCC(CN1Cc2ccccc2C1=O)c1ccccc1. The highest BCUT2D eigenvalue weighted by atomic mass is 16.5. The van der Waals surface area contributed by atoms with Gasteiger partial charge in [-0.05, 0) is 35.7 Å². The number of hydrogen-bond acceptors (Lipinski definition) is 6. The van der Waals surface area contributed by atoms with Gasteiger partial charge in [0.2, 0.25) is 17.6 Å². The molecular formula is C27H26N4O4. The minimum absolute atomic E-state index is 0.00907. The van der Waals surface area contributed by atoms with Crippen molar-refractivity contribution in [3.05, 3.63) is 95.6 Å². The third-order valence-corrected chi connectivity index (χ3v) is 6.16. The number of carbonyl (C=O) groups excluding carboxylic acids is 2. The number of furan rings is 1. The highest BCUT2D eigenvalue weighted by Gasteiger charge is 2.29. The molecular weight excluding hydrogens is 444 g/mol. The zero-order chi connectivity index (χ0) is 24.0. The summed E-state index contributed by atoms with van der Waals surface area (Å²) in [6, 6.07) is 21.2. The molecule has 0 fully saturated rings. The fourth-order valence-electron chi connectivity index (χ4n) is 4.33. The first-order chi connectivity index (χ1) is 17.2. The average molecular weight is 471 g/mol. The number of benzene rings is 2. The number of nitrogens with one attached hydrogen (secondary N) is 1. The van der Waals surface area contributed by atoms with Crippen LogP contribution in [0.2, 0.25) is 0 Å². The molecule has 1 atom stereocenters. The number of carbonyl (C=O) groups is 2. The van der Waals surface area contributed by atoms with Gasteiger partial charge >= 0.3 is 0 Å². The van der Waals surface area contributed by atoms with Crippen molar-refractivity contribution in [2.45, 2.75) is 31.7 Å². The van der Waals surface area contributed by atoms with Crippen LogP contribution in [0.25, 0.3) is 11.6 Å². The van der Waals surface area contributed by atoms with E-state index in [-0.39, 0.29) is 17.7 Å². The molecule has 0 saturated carbocycles. The molecule has 4 aromatic rings. The average Bonchev–Trinajstić information content (AvgIpc) is 3.64. The van der Waals surface area contributed by atoms with E-state index in [4.69, 9.17) is 8.94 Å². The Morgan fingerprint density at radius 2 is 1.89 bits per heavy atom. The summed E-state index contributed by atoms with van der Waals surface area (Å²) < 4.78 is 10.5. The molecule has 1 unspecified atom stereocenters. The monoisotopic (exact) mass is 470 g/mol. The summed E-state index contributed by atoms with van der Waals surface area (Å²) >= 11 is 0. The van der Waals surface area contributed by atoms with Crippen molar-refractivity contribution in [1.82, 2.24) is 20.4 Å². The Kier molecular flexibility index (Phi) is 6.70. The summed E-state index contributed by atoms with van der Waals surface area (Å²) in [7, 11) is 0. The topological polar surface area (TPSA) is 101 Å². The molecule has 8 nitrogen and oxygen atoms in total. The van der Waals surface area contributed by atoms with Crippen LogP contribution in [-0.2, 0) is 17.8 Å². The summed E-state index contributed by atoms with van der Waals surface area (Å²) in [4.78, 5) is 31.6. The van der Waals surface area contributed by atoms with E-state index in [9.17, 15) is 9.59 Å². The van der Waals surface area contributed by atoms with Crippen LogP contribution in [0.1, 0.15) is 46.1 Å². The lowest BCUT2D eigenvalue weighted by Gasteiger charge is -2.24. The normalized spacial score (nSPS) is 13.6. The molecule has 0 spiro atoms. The zero-order valence-electron chi connectivity index (χ0n) is 19.2. The molecule has 3 heterocycles. The van der Waals surface area contributed by atoms with Gasteiger partial charge in [-0.1, -0.05) is 53.7 Å². The second kappa shape index (κ2) is 10.4. The Bertz CT molecular complexity index is 1280. The lowest BCUT2D eigenvalue weighted by atomic mass is 9.98. The fourth-order valence-corrected chi connectivity index (χ4v) is 4.33. The van der Waals surface area contributed by atoms with Crippen LogP contribution in [0.3, 0.4) is 0 Å². The number of nitrogens with zero attached hydrogens (tertiary/aromatic N) is 3. The van der Waals surface area contributed by atoms with Gasteiger partial charge in [-0.15, -0.1) is 0 Å². The van der Waals surface area contributed by atoms with Gasteiger partial charge < -0.3 is 19.2 Å². The van der Waals surface area contributed by atoms with E-state index in [0.717, 1.165) is 16.7 Å². The summed E-state index contributed by atoms with van der Waals surface area (Å²) in [5.74, 6) is 1.40. The van der Waals surface area contributed by atoms with Crippen molar-refractivity contribution in [2.24, 2.45) is 0 Å². The highest BCUT2D eigenvalue weighted by Crippen LogP contribution is 2.26. The largest absolute Gasteiger partial charge is 0.461 e. The zero-order valence-corrected chi connectivity index (χ0v) is 19.2. The first-order valence-electron chi connectivity index (χ1n) is 11.7. The Hall–Kier alpha value is -4.20. The molecule has 1 N–H and O–H groups in total. The summed E-state index contributed by atoms with van der Waals surface area (Å²) in [6.07, 6.45) is 2.98. The van der Waals surface area contributed by atoms with Crippen molar-refractivity contribution in [2.75, 3.05) is 13.1 Å². The van der Waals surface area contributed by atoms with Crippen LogP contribution >= 0.6 is 0 Å². The van der Waals surface area contributed by atoms with E-state index in [1.807, 2.05) is 59.5 Å².